The number of fused-ring (bicyclic) bond motifs is 1. The molecule has 1 heterocycles. The Morgan fingerprint density at radius 2 is 2.11 bits per heavy atom. The number of benzene rings is 1. The Labute approximate surface area is 117 Å². The van der Waals surface area contributed by atoms with Crippen LogP contribution in [0.4, 0.5) is 4.39 Å². The topological polar surface area (TPSA) is 12.0 Å². The Morgan fingerprint density at radius 1 is 1.21 bits per heavy atom. The summed E-state index contributed by atoms with van der Waals surface area (Å²) in [7, 11) is 0. The highest BCUT2D eigenvalue weighted by atomic mass is 32.1. The fourth-order valence-corrected chi connectivity index (χ4v) is 3.78. The van der Waals surface area contributed by atoms with Gasteiger partial charge in [-0.1, -0.05) is 12.1 Å². The molecule has 0 saturated heterocycles. The van der Waals surface area contributed by atoms with Crippen molar-refractivity contribution in [2.75, 3.05) is 0 Å². The molecule has 1 aromatic heterocycles. The molecule has 0 radical (unpaired) electrons. The summed E-state index contributed by atoms with van der Waals surface area (Å²) in [5, 5.41) is 3.40. The number of thiophene rings is 1. The van der Waals surface area contributed by atoms with E-state index in [9.17, 15) is 4.39 Å². The molecule has 0 amide bonds. The van der Waals surface area contributed by atoms with Crippen molar-refractivity contribution in [3.63, 3.8) is 0 Å². The molecular weight excluding hydrogens is 257 g/mol. The lowest BCUT2D eigenvalue weighted by atomic mass is 10.1. The van der Waals surface area contributed by atoms with Gasteiger partial charge in [0.25, 0.3) is 0 Å². The molecule has 0 spiro atoms. The fraction of sp³-hybridized carbons (Fsp3) is 0.375. The van der Waals surface area contributed by atoms with E-state index in [1.165, 1.54) is 24.1 Å². The van der Waals surface area contributed by atoms with Crippen LogP contribution in [0.2, 0.25) is 0 Å². The van der Waals surface area contributed by atoms with Gasteiger partial charge in [0.15, 0.2) is 0 Å². The highest BCUT2D eigenvalue weighted by Crippen LogP contribution is 2.30. The van der Waals surface area contributed by atoms with Crippen LogP contribution in [-0.4, -0.2) is 0 Å². The third-order valence-corrected chi connectivity index (χ3v) is 4.90. The monoisotopic (exact) mass is 275 g/mol. The minimum absolute atomic E-state index is 0.116. The molecule has 1 aromatic carbocycles. The van der Waals surface area contributed by atoms with Crippen LogP contribution in [0.25, 0.3) is 0 Å². The highest BCUT2D eigenvalue weighted by molar-refractivity contribution is 7.12. The highest BCUT2D eigenvalue weighted by Gasteiger charge is 2.14. The molecule has 0 atom stereocenters. The van der Waals surface area contributed by atoms with Crippen LogP contribution in [0.15, 0.2) is 24.3 Å². The number of hydrogen-bond donors (Lipinski definition) is 1. The maximum absolute atomic E-state index is 13.4. The SMILES string of the molecule is Cc1ccc(CNCc2cc3c(s2)CCC3)cc1F. The van der Waals surface area contributed by atoms with Gasteiger partial charge in [0.2, 0.25) is 0 Å². The quantitative estimate of drug-likeness (QED) is 0.890. The first-order valence-electron chi connectivity index (χ1n) is 6.78. The molecule has 19 heavy (non-hydrogen) atoms. The van der Waals surface area contributed by atoms with Gasteiger partial charge in [0.05, 0.1) is 0 Å². The largest absolute Gasteiger partial charge is 0.308 e. The number of aryl methyl sites for hydroxylation is 3. The van der Waals surface area contributed by atoms with Gasteiger partial charge in [-0.2, -0.15) is 0 Å². The maximum atomic E-state index is 13.4. The smallest absolute Gasteiger partial charge is 0.126 e. The Balaban J connectivity index is 1.56. The molecule has 1 aliphatic carbocycles. The molecular formula is C16H18FNS. The van der Waals surface area contributed by atoms with Gasteiger partial charge in [-0.25, -0.2) is 4.39 Å². The first-order valence-corrected chi connectivity index (χ1v) is 7.60. The first-order chi connectivity index (χ1) is 9.22. The lowest BCUT2D eigenvalue weighted by Crippen LogP contribution is -2.12. The van der Waals surface area contributed by atoms with E-state index in [4.69, 9.17) is 0 Å². The van der Waals surface area contributed by atoms with E-state index in [-0.39, 0.29) is 5.82 Å². The van der Waals surface area contributed by atoms with Crippen LogP contribution in [0, 0.1) is 12.7 Å². The first kappa shape index (κ1) is 12.8. The summed E-state index contributed by atoms with van der Waals surface area (Å²) >= 11 is 1.93. The van der Waals surface area contributed by atoms with Crippen LogP contribution >= 0.6 is 11.3 Å². The summed E-state index contributed by atoms with van der Waals surface area (Å²) in [6.45, 7) is 3.40. The molecule has 0 saturated carbocycles. The fourth-order valence-electron chi connectivity index (χ4n) is 2.55. The molecule has 0 fully saturated rings. The van der Waals surface area contributed by atoms with Gasteiger partial charge in [-0.05, 0) is 55.0 Å². The number of nitrogens with one attached hydrogen (secondary N) is 1. The Kier molecular flexibility index (Phi) is 3.67. The van der Waals surface area contributed by atoms with E-state index in [0.29, 0.717) is 5.56 Å². The standard InChI is InChI=1S/C16H18FNS/c1-11-5-6-12(7-15(11)17)9-18-10-14-8-13-3-2-4-16(13)19-14/h5-8,18H,2-4,9-10H2,1H3. The maximum Gasteiger partial charge on any atom is 0.126 e. The van der Waals surface area contributed by atoms with Gasteiger partial charge < -0.3 is 5.32 Å². The second kappa shape index (κ2) is 5.43. The van der Waals surface area contributed by atoms with Crippen molar-refractivity contribution >= 4 is 11.3 Å². The molecule has 1 N–H and O–H groups in total. The normalized spacial score (nSPS) is 13.8. The van der Waals surface area contributed by atoms with Crippen LogP contribution in [0.3, 0.4) is 0 Å². The molecule has 3 rings (SSSR count). The summed E-state index contributed by atoms with van der Waals surface area (Å²) in [4.78, 5) is 2.97. The third kappa shape index (κ3) is 2.88. The van der Waals surface area contributed by atoms with E-state index < -0.39 is 0 Å². The second-order valence-corrected chi connectivity index (χ2v) is 6.42. The summed E-state index contributed by atoms with van der Waals surface area (Å²) < 4.78 is 13.4. The van der Waals surface area contributed by atoms with Gasteiger partial charge in [-0.15, -0.1) is 11.3 Å². The van der Waals surface area contributed by atoms with Gasteiger partial charge in [0, 0.05) is 22.8 Å². The van der Waals surface area contributed by atoms with Crippen LogP contribution in [0.5, 0.6) is 0 Å². The van der Waals surface area contributed by atoms with Crippen LogP contribution in [0.1, 0.15) is 32.9 Å². The summed E-state index contributed by atoms with van der Waals surface area (Å²) in [6.07, 6.45) is 3.82. The average Bonchev–Trinajstić information content (AvgIpc) is 2.94. The molecule has 0 unspecified atom stereocenters. The minimum atomic E-state index is -0.116. The van der Waals surface area contributed by atoms with Crippen molar-refractivity contribution in [1.29, 1.82) is 0 Å². The van der Waals surface area contributed by atoms with Gasteiger partial charge in [-0.3, -0.25) is 0 Å². The zero-order chi connectivity index (χ0) is 13.2. The zero-order valence-corrected chi connectivity index (χ0v) is 11.9. The zero-order valence-electron chi connectivity index (χ0n) is 11.1. The molecule has 1 nitrogen and oxygen atoms in total. The van der Waals surface area contributed by atoms with E-state index in [0.717, 1.165) is 18.7 Å². The van der Waals surface area contributed by atoms with Gasteiger partial charge >= 0.3 is 0 Å². The molecule has 0 bridgehead atoms. The molecule has 3 heteroatoms. The van der Waals surface area contributed by atoms with Crippen molar-refractivity contribution in [3.05, 3.63) is 56.5 Å². The molecule has 0 aliphatic heterocycles. The van der Waals surface area contributed by atoms with E-state index in [2.05, 4.69) is 11.4 Å². The number of halogens is 1. The van der Waals surface area contributed by atoms with Crippen molar-refractivity contribution in [3.8, 4) is 0 Å². The van der Waals surface area contributed by atoms with Crippen molar-refractivity contribution in [1.82, 2.24) is 5.32 Å². The summed E-state index contributed by atoms with van der Waals surface area (Å²) in [5.74, 6) is -0.116. The van der Waals surface area contributed by atoms with Crippen molar-refractivity contribution in [2.24, 2.45) is 0 Å². The van der Waals surface area contributed by atoms with E-state index in [1.54, 1.807) is 23.4 Å². The molecule has 100 valence electrons. The van der Waals surface area contributed by atoms with E-state index in [1.807, 2.05) is 23.5 Å². The van der Waals surface area contributed by atoms with Crippen LogP contribution in [-0.2, 0) is 25.9 Å². The predicted molar refractivity (Wildman–Crippen MR) is 78.0 cm³/mol. The molecule has 2 aromatic rings. The average molecular weight is 275 g/mol. The van der Waals surface area contributed by atoms with Crippen molar-refractivity contribution in [2.45, 2.75) is 39.3 Å². The van der Waals surface area contributed by atoms with E-state index >= 15 is 0 Å². The molecule has 1 aliphatic rings. The number of hydrogen-bond acceptors (Lipinski definition) is 2. The van der Waals surface area contributed by atoms with Crippen molar-refractivity contribution < 1.29 is 4.39 Å². The predicted octanol–water partition coefficient (Wildman–Crippen LogP) is 3.97. The second-order valence-electron chi connectivity index (χ2n) is 5.20. The Morgan fingerprint density at radius 3 is 2.89 bits per heavy atom. The minimum Gasteiger partial charge on any atom is -0.308 e. The summed E-state index contributed by atoms with van der Waals surface area (Å²) in [6, 6.07) is 7.78. The van der Waals surface area contributed by atoms with Crippen LogP contribution < -0.4 is 5.32 Å². The Bertz CT molecular complexity index is 567. The third-order valence-electron chi connectivity index (χ3n) is 3.66. The lowest BCUT2D eigenvalue weighted by Gasteiger charge is -2.05. The number of rotatable bonds is 4. The summed E-state index contributed by atoms with van der Waals surface area (Å²) in [5.41, 5.74) is 3.26. The van der Waals surface area contributed by atoms with Gasteiger partial charge in [0.1, 0.15) is 5.82 Å². The lowest BCUT2D eigenvalue weighted by molar-refractivity contribution is 0.611. The Hall–Kier alpha value is -1.19.